The van der Waals surface area contributed by atoms with E-state index in [9.17, 15) is 9.59 Å². The molecule has 3 aromatic carbocycles. The number of carbonyl (C=O) groups is 2. The number of amides is 2. The lowest BCUT2D eigenvalue weighted by atomic mass is 10.2. The largest absolute Gasteiger partial charge is 0.489 e. The van der Waals surface area contributed by atoms with Crippen LogP contribution in [0.15, 0.2) is 78.9 Å². The van der Waals surface area contributed by atoms with Gasteiger partial charge in [-0.2, -0.15) is 0 Å². The van der Waals surface area contributed by atoms with Gasteiger partial charge in [-0.05, 0) is 55.0 Å². The Labute approximate surface area is 176 Å². The minimum absolute atomic E-state index is 0.144. The van der Waals surface area contributed by atoms with Gasteiger partial charge in [-0.3, -0.25) is 9.59 Å². The highest BCUT2D eigenvalue weighted by atomic mass is 16.5. The highest BCUT2D eigenvalue weighted by Gasteiger charge is 2.13. The summed E-state index contributed by atoms with van der Waals surface area (Å²) in [6.45, 7) is 3.72. The van der Waals surface area contributed by atoms with E-state index in [1.165, 1.54) is 6.92 Å². The number of benzene rings is 3. The molecular weight excluding hydrogens is 378 g/mol. The highest BCUT2D eigenvalue weighted by Crippen LogP contribution is 2.19. The second kappa shape index (κ2) is 10.1. The maximum Gasteiger partial charge on any atom is 0.246 e. The van der Waals surface area contributed by atoms with Crippen molar-refractivity contribution in [2.45, 2.75) is 26.5 Å². The summed E-state index contributed by atoms with van der Waals surface area (Å²) in [5.74, 6) is 0.421. The lowest BCUT2D eigenvalue weighted by molar-refractivity contribution is -0.116. The first-order valence-corrected chi connectivity index (χ1v) is 9.71. The van der Waals surface area contributed by atoms with Crippen LogP contribution in [0.2, 0.25) is 0 Å². The number of anilines is 3. The van der Waals surface area contributed by atoms with Crippen molar-refractivity contribution in [2.75, 3.05) is 16.0 Å². The Morgan fingerprint density at radius 2 is 1.53 bits per heavy atom. The number of hydrogen-bond donors (Lipinski definition) is 3. The fourth-order valence-electron chi connectivity index (χ4n) is 2.83. The summed E-state index contributed by atoms with van der Waals surface area (Å²) in [6, 6.07) is 24.0. The van der Waals surface area contributed by atoms with Gasteiger partial charge in [0.2, 0.25) is 11.8 Å². The lowest BCUT2D eigenvalue weighted by Gasteiger charge is -2.16. The third kappa shape index (κ3) is 6.38. The van der Waals surface area contributed by atoms with Crippen molar-refractivity contribution in [1.82, 2.24) is 0 Å². The fourth-order valence-corrected chi connectivity index (χ4v) is 2.83. The third-order valence-electron chi connectivity index (χ3n) is 4.33. The Kier molecular flexibility index (Phi) is 7.05. The van der Waals surface area contributed by atoms with Crippen molar-refractivity contribution in [1.29, 1.82) is 0 Å². The van der Waals surface area contributed by atoms with E-state index in [1.807, 2.05) is 66.7 Å². The normalized spacial score (nSPS) is 11.3. The van der Waals surface area contributed by atoms with E-state index in [1.54, 1.807) is 19.1 Å². The smallest absolute Gasteiger partial charge is 0.246 e. The maximum atomic E-state index is 12.5. The Morgan fingerprint density at radius 1 is 0.833 bits per heavy atom. The van der Waals surface area contributed by atoms with Crippen LogP contribution in [0, 0.1) is 0 Å². The van der Waals surface area contributed by atoms with Crippen LogP contribution in [0.3, 0.4) is 0 Å². The predicted octanol–water partition coefficient (Wildman–Crippen LogP) is 4.66. The first kappa shape index (κ1) is 20.9. The molecule has 154 valence electrons. The zero-order valence-corrected chi connectivity index (χ0v) is 17.0. The quantitative estimate of drug-likeness (QED) is 0.511. The number of rotatable bonds is 8. The molecule has 0 fully saturated rings. The van der Waals surface area contributed by atoms with Crippen LogP contribution < -0.4 is 20.7 Å². The van der Waals surface area contributed by atoms with Crippen LogP contribution in [0.1, 0.15) is 19.4 Å². The zero-order chi connectivity index (χ0) is 21.3. The van der Waals surface area contributed by atoms with Gasteiger partial charge < -0.3 is 20.7 Å². The summed E-state index contributed by atoms with van der Waals surface area (Å²) in [6.07, 6.45) is 0. The molecule has 6 heteroatoms. The average Bonchev–Trinajstić information content (AvgIpc) is 2.74. The summed E-state index contributed by atoms with van der Waals surface area (Å²) in [5, 5.41) is 8.74. The molecule has 30 heavy (non-hydrogen) atoms. The molecule has 0 bridgehead atoms. The van der Waals surface area contributed by atoms with Gasteiger partial charge in [0.1, 0.15) is 18.4 Å². The molecule has 0 heterocycles. The minimum atomic E-state index is -0.466. The highest BCUT2D eigenvalue weighted by molar-refractivity contribution is 5.96. The van der Waals surface area contributed by atoms with Crippen molar-refractivity contribution in [3.8, 4) is 5.75 Å². The minimum Gasteiger partial charge on any atom is -0.489 e. The molecule has 0 aromatic heterocycles. The first-order valence-electron chi connectivity index (χ1n) is 9.71. The summed E-state index contributed by atoms with van der Waals surface area (Å²) < 4.78 is 5.76. The number of ether oxygens (including phenoxy) is 1. The van der Waals surface area contributed by atoms with E-state index in [4.69, 9.17) is 4.74 Å². The maximum absolute atomic E-state index is 12.5. The molecule has 6 nitrogen and oxygen atoms in total. The van der Waals surface area contributed by atoms with Crippen molar-refractivity contribution >= 4 is 28.9 Å². The summed E-state index contributed by atoms with van der Waals surface area (Å²) in [7, 11) is 0. The monoisotopic (exact) mass is 403 g/mol. The van der Waals surface area contributed by atoms with Gasteiger partial charge in [-0.25, -0.2) is 0 Å². The fraction of sp³-hybridized carbons (Fsp3) is 0.167. The molecule has 0 aliphatic rings. The summed E-state index contributed by atoms with van der Waals surface area (Å²) in [4.78, 5) is 23.7. The van der Waals surface area contributed by atoms with Gasteiger partial charge in [0.25, 0.3) is 0 Å². The Hall–Kier alpha value is -3.80. The number of nitrogens with one attached hydrogen (secondary N) is 3. The summed E-state index contributed by atoms with van der Waals surface area (Å²) >= 11 is 0. The van der Waals surface area contributed by atoms with Gasteiger partial charge >= 0.3 is 0 Å². The standard InChI is InChI=1S/C24H25N3O3/c1-17(25-21-9-6-10-22(15-21)26-18(2)28)24(29)27-20-11-13-23(14-12-20)30-16-19-7-4-3-5-8-19/h3-15,17,25H,16H2,1-2H3,(H,26,28)(H,27,29)/t17-/m1/s1. The van der Waals surface area contributed by atoms with E-state index >= 15 is 0 Å². The van der Waals surface area contributed by atoms with Crippen molar-refractivity contribution in [3.05, 3.63) is 84.4 Å². The van der Waals surface area contributed by atoms with E-state index in [-0.39, 0.29) is 11.8 Å². The van der Waals surface area contributed by atoms with Crippen LogP contribution >= 0.6 is 0 Å². The Morgan fingerprint density at radius 3 is 2.23 bits per heavy atom. The molecule has 0 radical (unpaired) electrons. The molecule has 0 saturated heterocycles. The molecule has 0 spiro atoms. The topological polar surface area (TPSA) is 79.5 Å². The molecular formula is C24H25N3O3. The molecule has 0 aliphatic heterocycles. The van der Waals surface area contributed by atoms with Crippen molar-refractivity contribution in [2.24, 2.45) is 0 Å². The predicted molar refractivity (Wildman–Crippen MR) is 120 cm³/mol. The van der Waals surface area contributed by atoms with Gasteiger partial charge in [-0.1, -0.05) is 36.4 Å². The molecule has 0 saturated carbocycles. The molecule has 1 atom stereocenters. The summed E-state index contributed by atoms with van der Waals surface area (Å²) in [5.41, 5.74) is 3.20. The molecule has 3 aromatic rings. The number of carbonyl (C=O) groups excluding carboxylic acids is 2. The van der Waals surface area contributed by atoms with Crippen LogP contribution in [0.25, 0.3) is 0 Å². The SMILES string of the molecule is CC(=O)Nc1cccc(N[C@H](C)C(=O)Nc2ccc(OCc3ccccc3)cc2)c1. The van der Waals surface area contributed by atoms with E-state index in [2.05, 4.69) is 16.0 Å². The Bertz CT molecular complexity index is 988. The first-order chi connectivity index (χ1) is 14.5. The average molecular weight is 403 g/mol. The van der Waals surface area contributed by atoms with Gasteiger partial charge in [0.15, 0.2) is 0 Å². The van der Waals surface area contributed by atoms with Crippen LogP contribution in [-0.2, 0) is 16.2 Å². The lowest BCUT2D eigenvalue weighted by Crippen LogP contribution is -2.31. The van der Waals surface area contributed by atoms with Gasteiger partial charge in [-0.15, -0.1) is 0 Å². The number of hydrogen-bond acceptors (Lipinski definition) is 4. The second-order valence-corrected chi connectivity index (χ2v) is 6.92. The third-order valence-corrected chi connectivity index (χ3v) is 4.33. The van der Waals surface area contributed by atoms with Gasteiger partial charge in [0.05, 0.1) is 0 Å². The molecule has 0 unspecified atom stereocenters. The zero-order valence-electron chi connectivity index (χ0n) is 17.0. The van der Waals surface area contributed by atoms with E-state index in [0.29, 0.717) is 18.0 Å². The Balaban J connectivity index is 1.52. The molecule has 2 amide bonds. The van der Waals surface area contributed by atoms with E-state index < -0.39 is 6.04 Å². The van der Waals surface area contributed by atoms with Crippen molar-refractivity contribution < 1.29 is 14.3 Å². The molecule has 3 rings (SSSR count). The van der Waals surface area contributed by atoms with Gasteiger partial charge in [0, 0.05) is 24.0 Å². The van der Waals surface area contributed by atoms with Crippen LogP contribution in [-0.4, -0.2) is 17.9 Å². The van der Waals surface area contributed by atoms with Crippen LogP contribution in [0.4, 0.5) is 17.1 Å². The molecule has 0 aliphatic carbocycles. The molecule has 3 N–H and O–H groups in total. The van der Waals surface area contributed by atoms with E-state index in [0.717, 1.165) is 17.0 Å². The second-order valence-electron chi connectivity index (χ2n) is 6.92. The van der Waals surface area contributed by atoms with Crippen LogP contribution in [0.5, 0.6) is 5.75 Å². The van der Waals surface area contributed by atoms with Crippen molar-refractivity contribution in [3.63, 3.8) is 0 Å².